The minimum Gasteiger partial charge on any atom is -0.398 e. The van der Waals surface area contributed by atoms with Gasteiger partial charge in [-0.3, -0.25) is 9.52 Å². The summed E-state index contributed by atoms with van der Waals surface area (Å²) in [7, 11) is -2.20. The molecule has 1 aromatic heterocycles. The quantitative estimate of drug-likeness (QED) is 0.838. The molecule has 21 heavy (non-hydrogen) atoms. The van der Waals surface area contributed by atoms with E-state index >= 15 is 0 Å². The Morgan fingerprint density at radius 3 is 2.43 bits per heavy atom. The second kappa shape index (κ2) is 5.25. The molecule has 0 aliphatic carbocycles. The summed E-state index contributed by atoms with van der Waals surface area (Å²) in [6.45, 7) is 3.64. The van der Waals surface area contributed by atoms with Gasteiger partial charge in [0.05, 0.1) is 10.6 Å². The summed E-state index contributed by atoms with van der Waals surface area (Å²) in [5.41, 5.74) is 8.00. The average molecular weight is 307 g/mol. The number of benzene rings is 1. The third-order valence-electron chi connectivity index (χ3n) is 3.33. The number of anilines is 2. The second-order valence-electron chi connectivity index (χ2n) is 4.93. The van der Waals surface area contributed by atoms with E-state index in [0.717, 1.165) is 11.1 Å². The number of nitrogens with zero attached hydrogens (tertiary/aromatic N) is 1. The normalized spacial score (nSPS) is 11.4. The van der Waals surface area contributed by atoms with Crippen molar-refractivity contribution in [3.8, 4) is 0 Å². The Bertz CT molecular complexity index is 831. The molecule has 0 saturated heterocycles. The molecule has 2 rings (SSSR count). The topological polar surface area (TPSA) is 94.2 Å². The van der Waals surface area contributed by atoms with Crippen molar-refractivity contribution >= 4 is 21.4 Å². The van der Waals surface area contributed by atoms with Crippen LogP contribution in [0.25, 0.3) is 0 Å². The van der Waals surface area contributed by atoms with Gasteiger partial charge in [-0.05, 0) is 43.2 Å². The highest BCUT2D eigenvalue weighted by molar-refractivity contribution is 7.92. The highest BCUT2D eigenvalue weighted by atomic mass is 32.2. The second-order valence-corrected chi connectivity index (χ2v) is 6.61. The number of nitrogens with one attached hydrogen (secondary N) is 1. The number of hydrogen-bond donors (Lipinski definition) is 2. The van der Waals surface area contributed by atoms with Crippen molar-refractivity contribution in [3.05, 3.63) is 51.9 Å². The van der Waals surface area contributed by atoms with Crippen LogP contribution in [0.1, 0.15) is 11.1 Å². The standard InChI is InChI=1S/C14H17N3O3S/c1-9-6-12(7-13(15)10(9)2)21(19,20)16-11-4-5-14(18)17(3)8-11/h4-8,16H,15H2,1-3H3. The maximum absolute atomic E-state index is 12.4. The van der Waals surface area contributed by atoms with Gasteiger partial charge in [0.25, 0.3) is 10.0 Å². The van der Waals surface area contributed by atoms with Crippen LogP contribution in [0.3, 0.4) is 0 Å². The number of aromatic nitrogens is 1. The predicted molar refractivity (Wildman–Crippen MR) is 82.8 cm³/mol. The number of nitrogen functional groups attached to an aromatic ring is 1. The van der Waals surface area contributed by atoms with E-state index in [-0.39, 0.29) is 10.5 Å². The first-order valence-electron chi connectivity index (χ1n) is 6.27. The van der Waals surface area contributed by atoms with E-state index in [4.69, 9.17) is 5.73 Å². The first-order valence-corrected chi connectivity index (χ1v) is 7.75. The van der Waals surface area contributed by atoms with Crippen molar-refractivity contribution < 1.29 is 8.42 Å². The summed E-state index contributed by atoms with van der Waals surface area (Å²) >= 11 is 0. The summed E-state index contributed by atoms with van der Waals surface area (Å²) < 4.78 is 28.5. The van der Waals surface area contributed by atoms with Crippen LogP contribution in [0.5, 0.6) is 0 Å². The van der Waals surface area contributed by atoms with Crippen LogP contribution >= 0.6 is 0 Å². The molecule has 0 aliphatic rings. The van der Waals surface area contributed by atoms with Crippen LogP contribution in [0, 0.1) is 13.8 Å². The Morgan fingerprint density at radius 2 is 1.86 bits per heavy atom. The van der Waals surface area contributed by atoms with Crippen molar-refractivity contribution in [2.75, 3.05) is 10.5 Å². The fraction of sp³-hybridized carbons (Fsp3) is 0.214. The molecule has 0 radical (unpaired) electrons. The minimum atomic E-state index is -3.75. The third kappa shape index (κ3) is 3.08. The SMILES string of the molecule is Cc1cc(S(=O)(=O)Nc2ccc(=O)n(C)c2)cc(N)c1C. The van der Waals surface area contributed by atoms with E-state index in [1.807, 2.05) is 6.92 Å². The first kappa shape index (κ1) is 15.1. The molecule has 0 fully saturated rings. The first-order chi connectivity index (χ1) is 9.70. The molecule has 2 aromatic rings. The van der Waals surface area contributed by atoms with Crippen molar-refractivity contribution in [1.29, 1.82) is 0 Å². The van der Waals surface area contributed by atoms with E-state index < -0.39 is 10.0 Å². The van der Waals surface area contributed by atoms with Crippen molar-refractivity contribution in [1.82, 2.24) is 4.57 Å². The molecular weight excluding hydrogens is 290 g/mol. The van der Waals surface area contributed by atoms with Crippen LogP contribution in [-0.4, -0.2) is 13.0 Å². The zero-order valence-corrected chi connectivity index (χ0v) is 12.9. The van der Waals surface area contributed by atoms with Gasteiger partial charge in [0.2, 0.25) is 5.56 Å². The van der Waals surface area contributed by atoms with E-state index in [1.165, 1.54) is 29.0 Å². The number of hydrogen-bond acceptors (Lipinski definition) is 4. The third-order valence-corrected chi connectivity index (χ3v) is 4.69. The Labute approximate surface area is 123 Å². The van der Waals surface area contributed by atoms with Crippen LogP contribution in [0.15, 0.2) is 40.2 Å². The highest BCUT2D eigenvalue weighted by Crippen LogP contribution is 2.23. The van der Waals surface area contributed by atoms with Gasteiger partial charge in [-0.1, -0.05) is 0 Å². The predicted octanol–water partition coefficient (Wildman–Crippen LogP) is 1.39. The Morgan fingerprint density at radius 1 is 1.19 bits per heavy atom. The molecule has 0 amide bonds. The zero-order valence-electron chi connectivity index (χ0n) is 12.0. The molecule has 1 heterocycles. The lowest BCUT2D eigenvalue weighted by Crippen LogP contribution is -2.18. The number of sulfonamides is 1. The van der Waals surface area contributed by atoms with Crippen LogP contribution in [0.2, 0.25) is 0 Å². The Kier molecular flexibility index (Phi) is 3.78. The van der Waals surface area contributed by atoms with Crippen molar-refractivity contribution in [2.45, 2.75) is 18.7 Å². The molecular formula is C14H17N3O3S. The van der Waals surface area contributed by atoms with Gasteiger partial charge in [-0.2, -0.15) is 0 Å². The number of pyridine rings is 1. The smallest absolute Gasteiger partial charge is 0.262 e. The Hall–Kier alpha value is -2.28. The lowest BCUT2D eigenvalue weighted by atomic mass is 10.1. The summed E-state index contributed by atoms with van der Waals surface area (Å²) in [4.78, 5) is 11.4. The molecule has 0 unspecified atom stereocenters. The molecule has 7 heteroatoms. The molecule has 0 bridgehead atoms. The number of aryl methyl sites for hydroxylation is 2. The molecule has 0 aliphatic heterocycles. The summed E-state index contributed by atoms with van der Waals surface area (Å²) in [6, 6.07) is 5.71. The van der Waals surface area contributed by atoms with E-state index in [2.05, 4.69) is 4.72 Å². The van der Waals surface area contributed by atoms with E-state index in [1.54, 1.807) is 20.0 Å². The maximum Gasteiger partial charge on any atom is 0.262 e. The molecule has 0 saturated carbocycles. The van der Waals surface area contributed by atoms with Crippen LogP contribution in [0.4, 0.5) is 11.4 Å². The molecule has 112 valence electrons. The van der Waals surface area contributed by atoms with E-state index in [0.29, 0.717) is 11.4 Å². The molecule has 0 spiro atoms. The molecule has 6 nitrogen and oxygen atoms in total. The van der Waals surface area contributed by atoms with Gasteiger partial charge in [0.1, 0.15) is 0 Å². The summed E-state index contributed by atoms with van der Waals surface area (Å²) in [5.74, 6) is 0. The molecule has 0 atom stereocenters. The largest absolute Gasteiger partial charge is 0.398 e. The summed E-state index contributed by atoms with van der Waals surface area (Å²) in [6.07, 6.45) is 1.42. The fourth-order valence-corrected chi connectivity index (χ4v) is 3.04. The summed E-state index contributed by atoms with van der Waals surface area (Å²) in [5, 5.41) is 0. The number of nitrogens with two attached hydrogens (primary N) is 1. The lowest BCUT2D eigenvalue weighted by Gasteiger charge is -2.12. The maximum atomic E-state index is 12.4. The van der Waals surface area contributed by atoms with Crippen molar-refractivity contribution in [2.24, 2.45) is 7.05 Å². The monoisotopic (exact) mass is 307 g/mol. The van der Waals surface area contributed by atoms with Gasteiger partial charge >= 0.3 is 0 Å². The molecule has 1 aromatic carbocycles. The zero-order chi connectivity index (χ0) is 15.8. The van der Waals surface area contributed by atoms with Gasteiger partial charge in [-0.25, -0.2) is 8.42 Å². The lowest BCUT2D eigenvalue weighted by molar-refractivity contribution is 0.601. The Balaban J connectivity index is 2.43. The highest BCUT2D eigenvalue weighted by Gasteiger charge is 2.16. The van der Waals surface area contributed by atoms with Gasteiger partial charge in [0, 0.05) is 25.0 Å². The van der Waals surface area contributed by atoms with Crippen LogP contribution in [-0.2, 0) is 17.1 Å². The van der Waals surface area contributed by atoms with Crippen LogP contribution < -0.4 is 16.0 Å². The fourth-order valence-electron chi connectivity index (χ4n) is 1.88. The van der Waals surface area contributed by atoms with Gasteiger partial charge < -0.3 is 10.3 Å². The minimum absolute atomic E-state index is 0.0944. The van der Waals surface area contributed by atoms with Crippen molar-refractivity contribution in [3.63, 3.8) is 0 Å². The van der Waals surface area contributed by atoms with Gasteiger partial charge in [-0.15, -0.1) is 0 Å². The van der Waals surface area contributed by atoms with E-state index in [9.17, 15) is 13.2 Å². The number of rotatable bonds is 3. The average Bonchev–Trinajstić information content (AvgIpc) is 2.39. The molecule has 3 N–H and O–H groups in total. The van der Waals surface area contributed by atoms with Gasteiger partial charge in [0.15, 0.2) is 0 Å².